The van der Waals surface area contributed by atoms with Gasteiger partial charge in [0.05, 0.1) is 12.1 Å². The maximum absolute atomic E-state index is 14.1. The Hall–Kier alpha value is -4.08. The minimum atomic E-state index is -1.16. The third-order valence-electron chi connectivity index (χ3n) is 7.45. The Morgan fingerprint density at radius 2 is 1.69 bits per heavy atom. The summed E-state index contributed by atoms with van der Waals surface area (Å²) >= 11 is 0. The highest BCUT2D eigenvalue weighted by Crippen LogP contribution is 2.39. The van der Waals surface area contributed by atoms with Crippen molar-refractivity contribution < 1.29 is 27.5 Å². The van der Waals surface area contributed by atoms with E-state index in [1.54, 1.807) is 9.47 Å². The number of aromatic nitrogens is 1. The van der Waals surface area contributed by atoms with Crippen molar-refractivity contribution in [3.05, 3.63) is 98.7 Å². The second-order valence-electron chi connectivity index (χ2n) is 9.77. The SMILES string of the molecule is CCN1C(=O)c2c(OCc3ccccc3)c(=O)c(C(=O)NCc3c(F)cc(F)cc3F)cn2[C@@H]2CCCC[C@@H]21. The molecule has 1 aliphatic heterocycles. The van der Waals surface area contributed by atoms with E-state index in [2.05, 4.69) is 5.32 Å². The van der Waals surface area contributed by atoms with Crippen LogP contribution in [0.4, 0.5) is 13.2 Å². The van der Waals surface area contributed by atoms with E-state index < -0.39 is 40.9 Å². The number of nitrogens with one attached hydrogen (secondary N) is 1. The number of carbonyl (C=O) groups excluding carboxylic acids is 2. The highest BCUT2D eigenvalue weighted by molar-refractivity contribution is 5.99. The smallest absolute Gasteiger partial charge is 0.274 e. The number of halogens is 3. The van der Waals surface area contributed by atoms with Crippen LogP contribution in [-0.4, -0.2) is 33.9 Å². The first kappa shape index (κ1) is 26.5. The Morgan fingerprint density at radius 3 is 2.36 bits per heavy atom. The Labute approximate surface area is 223 Å². The average molecular weight is 540 g/mol. The summed E-state index contributed by atoms with van der Waals surface area (Å²) in [6, 6.07) is 9.86. The number of likely N-dealkylation sites (N-methyl/N-ethyl adjacent to an activating group) is 1. The van der Waals surface area contributed by atoms with Crippen LogP contribution >= 0.6 is 0 Å². The van der Waals surface area contributed by atoms with Crippen LogP contribution in [0.1, 0.15) is 70.6 Å². The molecule has 1 aromatic heterocycles. The number of carbonyl (C=O) groups is 2. The maximum Gasteiger partial charge on any atom is 0.274 e. The van der Waals surface area contributed by atoms with Gasteiger partial charge in [-0.05, 0) is 25.3 Å². The molecule has 2 heterocycles. The van der Waals surface area contributed by atoms with Crippen LogP contribution in [0.3, 0.4) is 0 Å². The van der Waals surface area contributed by atoms with E-state index in [-0.39, 0.29) is 41.6 Å². The van der Waals surface area contributed by atoms with Crippen molar-refractivity contribution in [2.24, 2.45) is 0 Å². The number of benzene rings is 2. The van der Waals surface area contributed by atoms with Crippen LogP contribution < -0.4 is 15.5 Å². The quantitative estimate of drug-likeness (QED) is 0.471. The minimum absolute atomic E-state index is 0.00630. The van der Waals surface area contributed by atoms with Gasteiger partial charge in [-0.2, -0.15) is 0 Å². The molecule has 204 valence electrons. The average Bonchev–Trinajstić information content (AvgIpc) is 2.92. The van der Waals surface area contributed by atoms with Gasteiger partial charge in [0, 0.05) is 37.0 Å². The largest absolute Gasteiger partial charge is 0.483 e. The van der Waals surface area contributed by atoms with Gasteiger partial charge < -0.3 is 19.5 Å². The lowest BCUT2D eigenvalue weighted by Gasteiger charge is -2.45. The Bertz CT molecular complexity index is 1450. The van der Waals surface area contributed by atoms with Crippen LogP contribution in [0.25, 0.3) is 0 Å². The van der Waals surface area contributed by atoms with Crippen molar-refractivity contribution in [3.8, 4) is 5.75 Å². The first-order valence-corrected chi connectivity index (χ1v) is 13.0. The molecule has 0 radical (unpaired) electrons. The predicted molar refractivity (Wildman–Crippen MR) is 137 cm³/mol. The summed E-state index contributed by atoms with van der Waals surface area (Å²) in [4.78, 5) is 42.2. The third kappa shape index (κ3) is 5.03. The molecule has 2 atom stereocenters. The standard InChI is InChI=1S/C29H28F3N3O4/c1-2-34-23-10-6-7-11-24(23)35-15-20(28(37)33-14-19-21(31)12-18(30)13-22(19)32)26(36)27(25(35)29(34)38)39-16-17-8-4-3-5-9-17/h3-5,8-9,12-13,15,23-24H,2,6-7,10-11,14,16H2,1H3,(H,33,37)/t23-,24+/m0/s1. The molecule has 39 heavy (non-hydrogen) atoms. The third-order valence-corrected chi connectivity index (χ3v) is 7.45. The van der Waals surface area contributed by atoms with Crippen molar-refractivity contribution in [2.75, 3.05) is 6.54 Å². The van der Waals surface area contributed by atoms with Gasteiger partial charge in [0.1, 0.15) is 29.6 Å². The summed E-state index contributed by atoms with van der Waals surface area (Å²) in [5.74, 6) is -4.86. The van der Waals surface area contributed by atoms with Crippen LogP contribution in [0.2, 0.25) is 0 Å². The van der Waals surface area contributed by atoms with Crippen molar-refractivity contribution in [1.82, 2.24) is 14.8 Å². The van der Waals surface area contributed by atoms with Gasteiger partial charge in [0.25, 0.3) is 11.8 Å². The maximum atomic E-state index is 14.1. The van der Waals surface area contributed by atoms with E-state index in [0.717, 1.165) is 31.2 Å². The van der Waals surface area contributed by atoms with Crippen LogP contribution in [0.5, 0.6) is 5.75 Å². The molecule has 2 aromatic carbocycles. The highest BCUT2D eigenvalue weighted by Gasteiger charge is 2.42. The molecule has 10 heteroatoms. The number of hydrogen-bond acceptors (Lipinski definition) is 4. The lowest BCUT2D eigenvalue weighted by molar-refractivity contribution is 0.0438. The van der Waals surface area contributed by atoms with E-state index in [0.29, 0.717) is 18.7 Å². The molecular weight excluding hydrogens is 511 g/mol. The van der Waals surface area contributed by atoms with Crippen molar-refractivity contribution in [3.63, 3.8) is 0 Å². The van der Waals surface area contributed by atoms with Gasteiger partial charge in [-0.3, -0.25) is 14.4 Å². The monoisotopic (exact) mass is 539 g/mol. The fraction of sp³-hybridized carbons (Fsp3) is 0.345. The number of nitrogens with zero attached hydrogens (tertiary/aromatic N) is 2. The predicted octanol–water partition coefficient (Wildman–Crippen LogP) is 4.73. The van der Waals surface area contributed by atoms with E-state index in [9.17, 15) is 27.6 Å². The van der Waals surface area contributed by atoms with Crippen LogP contribution in [0.15, 0.2) is 53.5 Å². The number of rotatable bonds is 7. The lowest BCUT2D eigenvalue weighted by Crippen LogP contribution is -2.53. The zero-order valence-corrected chi connectivity index (χ0v) is 21.4. The molecule has 0 bridgehead atoms. The van der Waals surface area contributed by atoms with E-state index >= 15 is 0 Å². The Balaban J connectivity index is 1.56. The van der Waals surface area contributed by atoms with Gasteiger partial charge >= 0.3 is 0 Å². The molecule has 0 saturated heterocycles. The molecule has 3 aromatic rings. The molecule has 7 nitrogen and oxygen atoms in total. The molecule has 2 amide bonds. The number of hydrogen-bond donors (Lipinski definition) is 1. The van der Waals surface area contributed by atoms with Crippen LogP contribution in [0, 0.1) is 17.5 Å². The summed E-state index contributed by atoms with van der Waals surface area (Å²) in [7, 11) is 0. The second kappa shape index (κ2) is 11.0. The molecule has 0 unspecified atom stereocenters. The van der Waals surface area contributed by atoms with E-state index in [1.165, 1.54) is 6.20 Å². The molecule has 5 rings (SSSR count). The zero-order valence-electron chi connectivity index (χ0n) is 21.4. The Morgan fingerprint density at radius 1 is 1.03 bits per heavy atom. The summed E-state index contributed by atoms with van der Waals surface area (Å²) < 4.78 is 49.2. The van der Waals surface area contributed by atoms with Gasteiger partial charge in [-0.25, -0.2) is 13.2 Å². The second-order valence-corrected chi connectivity index (χ2v) is 9.77. The Kier molecular flexibility index (Phi) is 7.45. The van der Waals surface area contributed by atoms with Gasteiger partial charge in [0.2, 0.25) is 5.43 Å². The molecular formula is C29H28F3N3O4. The topological polar surface area (TPSA) is 80.6 Å². The van der Waals surface area contributed by atoms with Crippen molar-refractivity contribution in [1.29, 1.82) is 0 Å². The first-order chi connectivity index (χ1) is 18.8. The lowest BCUT2D eigenvalue weighted by atomic mass is 9.86. The highest BCUT2D eigenvalue weighted by atomic mass is 19.1. The van der Waals surface area contributed by atoms with Gasteiger partial charge in [-0.15, -0.1) is 0 Å². The van der Waals surface area contributed by atoms with Gasteiger partial charge in [0.15, 0.2) is 11.4 Å². The van der Waals surface area contributed by atoms with E-state index in [4.69, 9.17) is 4.74 Å². The molecule has 0 spiro atoms. The molecule has 2 aliphatic rings. The normalized spacial score (nSPS) is 18.4. The van der Waals surface area contributed by atoms with Crippen LogP contribution in [-0.2, 0) is 13.2 Å². The molecule has 1 fully saturated rings. The van der Waals surface area contributed by atoms with E-state index in [1.807, 2.05) is 37.3 Å². The zero-order chi connectivity index (χ0) is 27.7. The molecule has 1 saturated carbocycles. The van der Waals surface area contributed by atoms with Gasteiger partial charge in [-0.1, -0.05) is 43.2 Å². The fourth-order valence-corrected chi connectivity index (χ4v) is 5.55. The van der Waals surface area contributed by atoms with Crippen molar-refractivity contribution in [2.45, 2.75) is 57.8 Å². The summed E-state index contributed by atoms with van der Waals surface area (Å²) in [5, 5.41) is 2.36. The minimum Gasteiger partial charge on any atom is -0.483 e. The summed E-state index contributed by atoms with van der Waals surface area (Å²) in [6.07, 6.45) is 4.77. The fourth-order valence-electron chi connectivity index (χ4n) is 5.55. The number of fused-ring (bicyclic) bond motifs is 3. The summed E-state index contributed by atoms with van der Waals surface area (Å²) in [5.41, 5.74) is -0.795. The number of ether oxygens (including phenoxy) is 1. The molecule has 1 N–H and O–H groups in total. The number of amides is 2. The first-order valence-electron chi connectivity index (χ1n) is 13.0. The number of pyridine rings is 1. The molecule has 1 aliphatic carbocycles. The van der Waals surface area contributed by atoms with Crippen molar-refractivity contribution >= 4 is 11.8 Å². The summed E-state index contributed by atoms with van der Waals surface area (Å²) in [6.45, 7) is 1.74.